The maximum atomic E-state index is 4.13. The van der Waals surface area contributed by atoms with Crippen LogP contribution in [0.5, 0.6) is 0 Å². The van der Waals surface area contributed by atoms with E-state index in [2.05, 4.69) is 35.2 Å². The second-order valence-corrected chi connectivity index (χ2v) is 4.12. The van der Waals surface area contributed by atoms with E-state index in [0.29, 0.717) is 0 Å². The van der Waals surface area contributed by atoms with E-state index >= 15 is 0 Å². The molecule has 0 spiro atoms. The summed E-state index contributed by atoms with van der Waals surface area (Å²) in [4.78, 5) is 7.43. The van der Waals surface area contributed by atoms with Crippen molar-refractivity contribution in [2.45, 2.75) is 32.6 Å². The van der Waals surface area contributed by atoms with Crippen molar-refractivity contribution in [1.29, 1.82) is 0 Å². The van der Waals surface area contributed by atoms with Gasteiger partial charge in [0, 0.05) is 29.8 Å². The summed E-state index contributed by atoms with van der Waals surface area (Å²) in [5.74, 6) is 0. The van der Waals surface area contributed by atoms with E-state index in [1.165, 1.54) is 36.9 Å². The van der Waals surface area contributed by atoms with Gasteiger partial charge in [-0.2, -0.15) is 0 Å². The SMILES string of the molecule is CCCCCc1c[nH]c(-c2cccnc2)c1. The van der Waals surface area contributed by atoms with E-state index in [4.69, 9.17) is 0 Å². The Morgan fingerprint density at radius 3 is 3.00 bits per heavy atom. The number of aryl methyl sites for hydroxylation is 1. The van der Waals surface area contributed by atoms with Crippen molar-refractivity contribution in [1.82, 2.24) is 9.97 Å². The summed E-state index contributed by atoms with van der Waals surface area (Å²) >= 11 is 0. The van der Waals surface area contributed by atoms with Crippen molar-refractivity contribution >= 4 is 0 Å². The Morgan fingerprint density at radius 1 is 1.31 bits per heavy atom. The van der Waals surface area contributed by atoms with Gasteiger partial charge in [0.25, 0.3) is 0 Å². The minimum Gasteiger partial charge on any atom is -0.361 e. The van der Waals surface area contributed by atoms with Gasteiger partial charge in [-0.3, -0.25) is 4.98 Å². The van der Waals surface area contributed by atoms with Gasteiger partial charge in [-0.05, 0) is 36.6 Å². The summed E-state index contributed by atoms with van der Waals surface area (Å²) in [6.07, 6.45) is 10.8. The lowest BCUT2D eigenvalue weighted by molar-refractivity contribution is 0.718. The Hall–Kier alpha value is -1.57. The molecule has 0 aliphatic carbocycles. The lowest BCUT2D eigenvalue weighted by Gasteiger charge is -1.96. The molecule has 0 bridgehead atoms. The third kappa shape index (κ3) is 2.72. The number of H-pyrrole nitrogens is 1. The van der Waals surface area contributed by atoms with Crippen LogP contribution in [-0.4, -0.2) is 9.97 Å². The van der Waals surface area contributed by atoms with E-state index < -0.39 is 0 Å². The Balaban J connectivity index is 2.02. The molecule has 0 amide bonds. The fourth-order valence-electron chi connectivity index (χ4n) is 1.85. The molecule has 0 aliphatic rings. The van der Waals surface area contributed by atoms with Crippen LogP contribution in [0.15, 0.2) is 36.8 Å². The summed E-state index contributed by atoms with van der Waals surface area (Å²) in [5.41, 5.74) is 3.72. The number of unbranched alkanes of at least 4 members (excludes halogenated alkanes) is 2. The zero-order chi connectivity index (χ0) is 11.2. The van der Waals surface area contributed by atoms with E-state index in [1.54, 1.807) is 6.20 Å². The van der Waals surface area contributed by atoms with E-state index in [9.17, 15) is 0 Å². The van der Waals surface area contributed by atoms with Crippen LogP contribution in [0, 0.1) is 0 Å². The molecule has 84 valence electrons. The van der Waals surface area contributed by atoms with Gasteiger partial charge in [-0.25, -0.2) is 0 Å². The summed E-state index contributed by atoms with van der Waals surface area (Å²) in [7, 11) is 0. The second-order valence-electron chi connectivity index (χ2n) is 4.12. The fourth-order valence-corrected chi connectivity index (χ4v) is 1.85. The fraction of sp³-hybridized carbons (Fsp3) is 0.357. The molecule has 0 fully saturated rings. The Bertz CT molecular complexity index is 417. The molecule has 0 atom stereocenters. The van der Waals surface area contributed by atoms with Crippen molar-refractivity contribution in [3.63, 3.8) is 0 Å². The second kappa shape index (κ2) is 5.50. The molecular weight excluding hydrogens is 196 g/mol. The molecule has 2 rings (SSSR count). The monoisotopic (exact) mass is 214 g/mol. The minimum absolute atomic E-state index is 1.16. The third-order valence-corrected chi connectivity index (χ3v) is 2.78. The number of hydrogen-bond acceptors (Lipinski definition) is 1. The molecule has 2 heteroatoms. The average molecular weight is 214 g/mol. The first kappa shape index (κ1) is 10.9. The van der Waals surface area contributed by atoms with Crippen LogP contribution in [0.4, 0.5) is 0 Å². The smallest absolute Gasteiger partial charge is 0.0472 e. The molecule has 2 aromatic rings. The van der Waals surface area contributed by atoms with Gasteiger partial charge in [0.1, 0.15) is 0 Å². The van der Waals surface area contributed by atoms with Gasteiger partial charge in [0.2, 0.25) is 0 Å². The van der Waals surface area contributed by atoms with Gasteiger partial charge < -0.3 is 4.98 Å². The molecule has 2 heterocycles. The molecule has 0 saturated carbocycles. The van der Waals surface area contributed by atoms with Crippen LogP contribution in [0.3, 0.4) is 0 Å². The van der Waals surface area contributed by atoms with Crippen LogP contribution in [0.1, 0.15) is 31.7 Å². The van der Waals surface area contributed by atoms with E-state index in [-0.39, 0.29) is 0 Å². The van der Waals surface area contributed by atoms with Crippen molar-refractivity contribution < 1.29 is 0 Å². The predicted octanol–water partition coefficient (Wildman–Crippen LogP) is 3.81. The number of rotatable bonds is 5. The van der Waals surface area contributed by atoms with Crippen molar-refractivity contribution in [2.75, 3.05) is 0 Å². The predicted molar refractivity (Wildman–Crippen MR) is 67.3 cm³/mol. The molecule has 2 nitrogen and oxygen atoms in total. The molecule has 16 heavy (non-hydrogen) atoms. The molecule has 0 unspecified atom stereocenters. The van der Waals surface area contributed by atoms with Crippen LogP contribution < -0.4 is 0 Å². The first-order valence-corrected chi connectivity index (χ1v) is 5.98. The first-order chi connectivity index (χ1) is 7.90. The first-order valence-electron chi connectivity index (χ1n) is 5.98. The third-order valence-electron chi connectivity index (χ3n) is 2.78. The highest BCUT2D eigenvalue weighted by Crippen LogP contribution is 2.18. The molecule has 1 N–H and O–H groups in total. The zero-order valence-electron chi connectivity index (χ0n) is 9.74. The number of aromatic amines is 1. The van der Waals surface area contributed by atoms with Gasteiger partial charge in [-0.1, -0.05) is 19.8 Å². The lowest BCUT2D eigenvalue weighted by Crippen LogP contribution is -1.81. The van der Waals surface area contributed by atoms with Gasteiger partial charge in [0.15, 0.2) is 0 Å². The Labute approximate surface area is 96.7 Å². The van der Waals surface area contributed by atoms with Crippen molar-refractivity contribution in [3.8, 4) is 11.3 Å². The highest BCUT2D eigenvalue weighted by atomic mass is 14.7. The van der Waals surface area contributed by atoms with E-state index in [0.717, 1.165) is 5.56 Å². The quantitative estimate of drug-likeness (QED) is 0.753. The van der Waals surface area contributed by atoms with Crippen LogP contribution >= 0.6 is 0 Å². The molecular formula is C14H18N2. The summed E-state index contributed by atoms with van der Waals surface area (Å²) in [6, 6.07) is 6.27. The molecule has 0 radical (unpaired) electrons. The summed E-state index contributed by atoms with van der Waals surface area (Å²) < 4.78 is 0. The highest BCUT2D eigenvalue weighted by Gasteiger charge is 2.01. The normalized spacial score (nSPS) is 10.6. The number of pyridine rings is 1. The van der Waals surface area contributed by atoms with Gasteiger partial charge >= 0.3 is 0 Å². The highest BCUT2D eigenvalue weighted by molar-refractivity contribution is 5.58. The van der Waals surface area contributed by atoms with Gasteiger partial charge in [0.05, 0.1) is 0 Å². The number of aromatic nitrogens is 2. The molecule has 0 aliphatic heterocycles. The van der Waals surface area contributed by atoms with Crippen LogP contribution in [0.25, 0.3) is 11.3 Å². The largest absolute Gasteiger partial charge is 0.361 e. The molecule has 2 aromatic heterocycles. The lowest BCUT2D eigenvalue weighted by atomic mass is 10.1. The Morgan fingerprint density at radius 2 is 2.25 bits per heavy atom. The van der Waals surface area contributed by atoms with Crippen molar-refractivity contribution in [2.24, 2.45) is 0 Å². The summed E-state index contributed by atoms with van der Waals surface area (Å²) in [6.45, 7) is 2.23. The number of nitrogens with zero attached hydrogens (tertiary/aromatic N) is 1. The maximum Gasteiger partial charge on any atom is 0.0472 e. The van der Waals surface area contributed by atoms with Crippen molar-refractivity contribution in [3.05, 3.63) is 42.4 Å². The standard InChI is InChI=1S/C14H18N2/c1-2-3-4-6-12-9-14(16-10-12)13-7-5-8-15-11-13/h5,7-11,16H,2-4,6H2,1H3. The van der Waals surface area contributed by atoms with Crippen LogP contribution in [-0.2, 0) is 6.42 Å². The zero-order valence-corrected chi connectivity index (χ0v) is 9.74. The topological polar surface area (TPSA) is 28.7 Å². The maximum absolute atomic E-state index is 4.13. The molecule has 0 aromatic carbocycles. The number of hydrogen-bond donors (Lipinski definition) is 1. The average Bonchev–Trinajstić information content (AvgIpc) is 2.79. The number of nitrogens with one attached hydrogen (secondary N) is 1. The summed E-state index contributed by atoms with van der Waals surface area (Å²) in [5, 5.41) is 0. The Kier molecular flexibility index (Phi) is 3.76. The van der Waals surface area contributed by atoms with E-state index in [1.807, 2.05) is 12.3 Å². The van der Waals surface area contributed by atoms with Gasteiger partial charge in [-0.15, -0.1) is 0 Å². The van der Waals surface area contributed by atoms with Crippen LogP contribution in [0.2, 0.25) is 0 Å². The molecule has 0 saturated heterocycles. The minimum atomic E-state index is 1.16.